The Bertz CT molecular complexity index is 573. The fourth-order valence-electron chi connectivity index (χ4n) is 3.19. The number of hydrogen-bond acceptors (Lipinski definition) is 2. The molecule has 0 saturated heterocycles. The summed E-state index contributed by atoms with van der Waals surface area (Å²) in [4.78, 5) is 12.8. The summed E-state index contributed by atoms with van der Waals surface area (Å²) in [5.41, 5.74) is 1.68. The lowest BCUT2D eigenvalue weighted by atomic mass is 9.78. The van der Waals surface area contributed by atoms with E-state index in [4.69, 9.17) is 4.74 Å². The van der Waals surface area contributed by atoms with E-state index in [-0.39, 0.29) is 24.7 Å². The first-order chi connectivity index (χ1) is 11.1. The molecule has 24 heavy (non-hydrogen) atoms. The van der Waals surface area contributed by atoms with E-state index in [0.717, 1.165) is 11.1 Å². The Morgan fingerprint density at radius 3 is 2.50 bits per heavy atom. The number of rotatable bonds is 3. The quantitative estimate of drug-likeness (QED) is 0.444. The summed E-state index contributed by atoms with van der Waals surface area (Å²) < 4.78 is 32.6. The Kier molecular flexibility index (Phi) is 6.05. The third-order valence-electron chi connectivity index (χ3n) is 4.31. The Balaban J connectivity index is 2.33. The first-order valence-corrected chi connectivity index (χ1v) is 9.52. The Morgan fingerprint density at radius 2 is 1.96 bits per heavy atom. The fraction of sp³-hybridized carbons (Fsp3) is 0.632. The Morgan fingerprint density at radius 1 is 1.33 bits per heavy atom. The van der Waals surface area contributed by atoms with E-state index in [0.29, 0.717) is 30.2 Å². The predicted molar refractivity (Wildman–Crippen MR) is 95.4 cm³/mol. The molecule has 1 saturated carbocycles. The van der Waals surface area contributed by atoms with Crippen LogP contribution in [0.3, 0.4) is 0 Å². The summed E-state index contributed by atoms with van der Waals surface area (Å²) in [5.74, 6) is -2.96. The molecule has 134 valence electrons. The second-order valence-electron chi connectivity index (χ2n) is 7.46. The maximum atomic E-state index is 13.5. The van der Waals surface area contributed by atoms with Gasteiger partial charge in [0.05, 0.1) is 5.57 Å². The summed E-state index contributed by atoms with van der Waals surface area (Å²) in [5, 5.41) is 0.526. The zero-order valence-electron chi connectivity index (χ0n) is 14.5. The van der Waals surface area contributed by atoms with Crippen molar-refractivity contribution in [2.24, 2.45) is 5.92 Å². The van der Waals surface area contributed by atoms with Crippen LogP contribution < -0.4 is 0 Å². The molecule has 1 fully saturated rings. The average molecular weight is 403 g/mol. The molecule has 0 atom stereocenters. The van der Waals surface area contributed by atoms with Crippen LogP contribution in [0, 0.1) is 5.92 Å². The van der Waals surface area contributed by atoms with Gasteiger partial charge in [0.25, 0.3) is 0 Å². The molecule has 0 unspecified atom stereocenters. The van der Waals surface area contributed by atoms with E-state index in [1.54, 1.807) is 0 Å². The molecule has 0 aromatic rings. The van der Waals surface area contributed by atoms with E-state index in [2.05, 4.69) is 15.9 Å². The molecule has 2 aliphatic rings. The van der Waals surface area contributed by atoms with Crippen molar-refractivity contribution >= 4 is 21.9 Å². The Hall–Kier alpha value is -0.970. The lowest BCUT2D eigenvalue weighted by molar-refractivity contribution is -0.149. The highest BCUT2D eigenvalue weighted by molar-refractivity contribution is 9.09. The molecule has 2 nitrogen and oxygen atoms in total. The third-order valence-corrected chi connectivity index (χ3v) is 4.91. The molecule has 0 amide bonds. The number of alkyl halides is 3. The van der Waals surface area contributed by atoms with Crippen molar-refractivity contribution in [1.82, 2.24) is 0 Å². The van der Waals surface area contributed by atoms with Gasteiger partial charge in [-0.05, 0) is 57.1 Å². The third kappa shape index (κ3) is 5.01. The minimum Gasteiger partial charge on any atom is -0.456 e. The van der Waals surface area contributed by atoms with E-state index in [9.17, 15) is 13.6 Å². The highest BCUT2D eigenvalue weighted by atomic mass is 79.9. The van der Waals surface area contributed by atoms with Crippen LogP contribution in [0.2, 0.25) is 0 Å². The Labute approximate surface area is 151 Å². The van der Waals surface area contributed by atoms with Gasteiger partial charge >= 0.3 is 5.97 Å². The van der Waals surface area contributed by atoms with Crippen molar-refractivity contribution in [2.45, 2.75) is 64.4 Å². The van der Waals surface area contributed by atoms with Gasteiger partial charge < -0.3 is 4.74 Å². The van der Waals surface area contributed by atoms with Crippen LogP contribution in [-0.2, 0) is 9.53 Å². The number of carbonyl (C=O) groups is 1. The van der Waals surface area contributed by atoms with Crippen LogP contribution in [0.5, 0.6) is 0 Å². The minimum atomic E-state index is -2.58. The SMILES string of the molecule is CC(C)(C)OC(=O)C1=C(CBr)C=CCC=C1C1CCC(F)(F)CC1. The number of esters is 1. The van der Waals surface area contributed by atoms with Crippen molar-refractivity contribution in [3.8, 4) is 0 Å². The van der Waals surface area contributed by atoms with E-state index in [1.165, 1.54) is 0 Å². The first-order valence-electron chi connectivity index (χ1n) is 8.40. The zero-order valence-corrected chi connectivity index (χ0v) is 16.1. The van der Waals surface area contributed by atoms with Crippen LogP contribution >= 0.6 is 15.9 Å². The smallest absolute Gasteiger partial charge is 0.339 e. The monoisotopic (exact) mass is 402 g/mol. The van der Waals surface area contributed by atoms with Gasteiger partial charge in [-0.25, -0.2) is 13.6 Å². The summed E-state index contributed by atoms with van der Waals surface area (Å²) in [6.45, 7) is 5.49. The lowest BCUT2D eigenvalue weighted by Gasteiger charge is -2.31. The summed E-state index contributed by atoms with van der Waals surface area (Å²) >= 11 is 3.44. The first kappa shape index (κ1) is 19.4. The van der Waals surface area contributed by atoms with Crippen molar-refractivity contribution in [1.29, 1.82) is 0 Å². The number of carbonyl (C=O) groups excluding carboxylic acids is 1. The molecule has 0 aromatic carbocycles. The molecule has 0 N–H and O–H groups in total. The molecular formula is C19H25BrF2O2. The van der Waals surface area contributed by atoms with Crippen molar-refractivity contribution in [2.75, 3.05) is 5.33 Å². The predicted octanol–water partition coefficient (Wildman–Crippen LogP) is 5.73. The van der Waals surface area contributed by atoms with Gasteiger partial charge in [0.2, 0.25) is 5.92 Å². The average Bonchev–Trinajstić information content (AvgIpc) is 2.67. The van der Waals surface area contributed by atoms with E-state index < -0.39 is 11.5 Å². The van der Waals surface area contributed by atoms with Crippen molar-refractivity contribution in [3.05, 3.63) is 34.9 Å². The summed E-state index contributed by atoms with van der Waals surface area (Å²) in [7, 11) is 0. The van der Waals surface area contributed by atoms with Crippen molar-refractivity contribution in [3.63, 3.8) is 0 Å². The maximum Gasteiger partial charge on any atom is 0.339 e. The van der Waals surface area contributed by atoms with Crippen LogP contribution in [0.25, 0.3) is 0 Å². The molecule has 0 aromatic heterocycles. The fourth-order valence-corrected chi connectivity index (χ4v) is 3.65. The van der Waals surface area contributed by atoms with Gasteiger partial charge in [-0.1, -0.05) is 34.2 Å². The van der Waals surface area contributed by atoms with Crippen molar-refractivity contribution < 1.29 is 18.3 Å². The largest absolute Gasteiger partial charge is 0.456 e. The van der Waals surface area contributed by atoms with Gasteiger partial charge in [-0.3, -0.25) is 0 Å². The van der Waals surface area contributed by atoms with Gasteiger partial charge in [-0.2, -0.15) is 0 Å². The highest BCUT2D eigenvalue weighted by Gasteiger charge is 2.38. The molecule has 0 aliphatic heterocycles. The number of ether oxygens (including phenoxy) is 1. The van der Waals surface area contributed by atoms with Crippen LogP contribution in [0.1, 0.15) is 52.9 Å². The summed E-state index contributed by atoms with van der Waals surface area (Å²) in [6.07, 6.45) is 7.19. The lowest BCUT2D eigenvalue weighted by Crippen LogP contribution is -2.30. The second kappa shape index (κ2) is 7.51. The van der Waals surface area contributed by atoms with E-state index >= 15 is 0 Å². The second-order valence-corrected chi connectivity index (χ2v) is 8.02. The van der Waals surface area contributed by atoms with Crippen LogP contribution in [-0.4, -0.2) is 22.8 Å². The minimum absolute atomic E-state index is 0.0129. The molecule has 2 rings (SSSR count). The molecule has 0 heterocycles. The molecule has 5 heteroatoms. The number of hydrogen-bond donors (Lipinski definition) is 0. The molecule has 0 radical (unpaired) electrons. The van der Waals surface area contributed by atoms with Gasteiger partial charge in [0.1, 0.15) is 5.60 Å². The standard InChI is InChI=1S/C19H25BrF2O2/c1-18(2,3)24-17(23)16-14(12-20)6-4-5-7-15(16)13-8-10-19(21,22)11-9-13/h4,6-7,13H,5,8-12H2,1-3H3. The number of halogens is 3. The molecule has 0 bridgehead atoms. The van der Waals surface area contributed by atoms with E-state index in [1.807, 2.05) is 39.0 Å². The molecule has 0 spiro atoms. The van der Waals surface area contributed by atoms with Crippen LogP contribution in [0.4, 0.5) is 8.78 Å². The topological polar surface area (TPSA) is 26.3 Å². The highest BCUT2D eigenvalue weighted by Crippen LogP contribution is 2.42. The molecular weight excluding hydrogens is 378 g/mol. The van der Waals surface area contributed by atoms with Gasteiger partial charge in [0, 0.05) is 18.2 Å². The zero-order chi connectivity index (χ0) is 18.0. The van der Waals surface area contributed by atoms with Crippen LogP contribution in [0.15, 0.2) is 34.9 Å². The normalized spacial score (nSPS) is 22.2. The molecule has 2 aliphatic carbocycles. The number of allylic oxidation sites excluding steroid dienone is 4. The maximum absolute atomic E-state index is 13.5. The van der Waals surface area contributed by atoms with Gasteiger partial charge in [0.15, 0.2) is 0 Å². The summed E-state index contributed by atoms with van der Waals surface area (Å²) in [6, 6.07) is 0. The van der Waals surface area contributed by atoms with Gasteiger partial charge in [-0.15, -0.1) is 0 Å².